The van der Waals surface area contributed by atoms with E-state index in [1.54, 1.807) is 0 Å². The number of fused-ring (bicyclic) bond motifs is 3. The lowest BCUT2D eigenvalue weighted by Gasteiger charge is -2.29. The summed E-state index contributed by atoms with van der Waals surface area (Å²) in [6.07, 6.45) is 4.43. The van der Waals surface area contributed by atoms with Gasteiger partial charge in [-0.1, -0.05) is 11.6 Å². The second-order valence-corrected chi connectivity index (χ2v) is 11.4. The molecule has 0 amide bonds. The normalized spacial score (nSPS) is 22.4. The monoisotopic (exact) mass is 467 g/mol. The molecule has 8 nitrogen and oxygen atoms in total. The number of halogens is 1. The van der Waals surface area contributed by atoms with Crippen LogP contribution in [0.15, 0.2) is 18.2 Å². The Morgan fingerprint density at radius 2 is 1.84 bits per heavy atom. The van der Waals surface area contributed by atoms with Crippen molar-refractivity contribution < 1.29 is 13.2 Å². The smallest absolute Gasteiger partial charge is 0.282 e. The summed E-state index contributed by atoms with van der Waals surface area (Å²) in [5, 5.41) is 9.54. The van der Waals surface area contributed by atoms with Gasteiger partial charge >= 0.3 is 0 Å². The highest BCUT2D eigenvalue weighted by Crippen LogP contribution is 2.37. The van der Waals surface area contributed by atoms with Crippen LogP contribution in [0.5, 0.6) is 0 Å². The second kappa shape index (κ2) is 8.78. The number of rotatable bonds is 5. The Labute approximate surface area is 189 Å². The van der Waals surface area contributed by atoms with E-state index in [-0.39, 0.29) is 31.2 Å². The van der Waals surface area contributed by atoms with E-state index >= 15 is 0 Å². The molecule has 0 unspecified atom stereocenters. The van der Waals surface area contributed by atoms with Gasteiger partial charge in [0, 0.05) is 31.6 Å². The van der Waals surface area contributed by atoms with Crippen LogP contribution in [0.3, 0.4) is 0 Å². The lowest BCUT2D eigenvalue weighted by atomic mass is 9.86. The van der Waals surface area contributed by atoms with Gasteiger partial charge in [0.05, 0.1) is 24.4 Å². The Kier molecular flexibility index (Phi) is 6.42. The van der Waals surface area contributed by atoms with Gasteiger partial charge in [-0.05, 0) is 63.3 Å². The molecule has 0 spiro atoms. The highest BCUT2D eigenvalue weighted by Gasteiger charge is 2.34. The Balaban J connectivity index is 1.71. The van der Waals surface area contributed by atoms with Crippen LogP contribution < -0.4 is 0 Å². The molecule has 1 aliphatic heterocycles. The number of benzene rings is 1. The molecule has 1 fully saturated rings. The van der Waals surface area contributed by atoms with Crippen molar-refractivity contribution in [3.8, 4) is 5.69 Å². The number of hydrogen-bond donors (Lipinski definition) is 0. The zero-order chi connectivity index (χ0) is 22.3. The summed E-state index contributed by atoms with van der Waals surface area (Å²) in [6.45, 7) is 4.53. The number of hydrogen-bond acceptors (Lipinski definition) is 5. The number of nitrogens with zero attached hydrogens (tertiary/aromatic N) is 5. The molecule has 0 atom stereocenters. The highest BCUT2D eigenvalue weighted by molar-refractivity contribution is 7.86. The van der Waals surface area contributed by atoms with Gasteiger partial charge in [-0.3, -0.25) is 4.57 Å². The summed E-state index contributed by atoms with van der Waals surface area (Å²) in [5.41, 5.74) is 1.74. The summed E-state index contributed by atoms with van der Waals surface area (Å²) in [7, 11) is -0.561. The van der Waals surface area contributed by atoms with Gasteiger partial charge < -0.3 is 4.74 Å². The summed E-state index contributed by atoms with van der Waals surface area (Å²) in [4.78, 5) is 0. The second-order valence-electron chi connectivity index (χ2n) is 8.80. The number of aromatic nitrogens is 3. The first-order valence-electron chi connectivity index (χ1n) is 10.7. The first-order valence-corrected chi connectivity index (χ1v) is 12.5. The van der Waals surface area contributed by atoms with Gasteiger partial charge in [0.15, 0.2) is 5.82 Å². The number of ether oxygens (including phenoxy) is 1. The van der Waals surface area contributed by atoms with E-state index in [1.165, 1.54) is 22.7 Å². The van der Waals surface area contributed by atoms with E-state index in [0.29, 0.717) is 10.8 Å². The van der Waals surface area contributed by atoms with E-state index in [2.05, 4.69) is 24.0 Å². The fourth-order valence-corrected chi connectivity index (χ4v) is 5.74. The highest BCUT2D eigenvalue weighted by atomic mass is 35.5. The minimum atomic E-state index is -3.63. The zero-order valence-electron chi connectivity index (χ0n) is 18.5. The summed E-state index contributed by atoms with van der Waals surface area (Å²) < 4.78 is 36.5. The van der Waals surface area contributed by atoms with Crippen LogP contribution in [0.2, 0.25) is 5.02 Å². The Hall–Kier alpha value is -1.52. The third kappa shape index (κ3) is 4.52. The van der Waals surface area contributed by atoms with Crippen molar-refractivity contribution >= 4 is 21.8 Å². The van der Waals surface area contributed by atoms with Gasteiger partial charge in [0.2, 0.25) is 0 Å². The van der Waals surface area contributed by atoms with E-state index in [1.807, 2.05) is 22.8 Å². The minimum Gasteiger partial charge on any atom is -0.376 e. The van der Waals surface area contributed by atoms with Gasteiger partial charge in [-0.15, -0.1) is 10.2 Å². The summed E-state index contributed by atoms with van der Waals surface area (Å²) in [5.74, 6) is 1.78. The maximum absolute atomic E-state index is 12.9. The van der Waals surface area contributed by atoms with Crippen LogP contribution in [0.25, 0.3) is 5.69 Å². The molecule has 0 N–H and O–H groups in total. The van der Waals surface area contributed by atoms with Crippen molar-refractivity contribution in [1.82, 2.24) is 23.4 Å². The average molecular weight is 468 g/mol. The third-order valence-electron chi connectivity index (χ3n) is 5.99. The van der Waals surface area contributed by atoms with Gasteiger partial charge in [0.1, 0.15) is 5.82 Å². The molecule has 31 heavy (non-hydrogen) atoms. The topological polar surface area (TPSA) is 80.6 Å². The molecular formula is C21H30ClN5O3S. The summed E-state index contributed by atoms with van der Waals surface area (Å²) in [6, 6.07) is 5.60. The average Bonchev–Trinajstić information content (AvgIpc) is 3.03. The molecule has 1 saturated carbocycles. The molecule has 0 saturated heterocycles. The van der Waals surface area contributed by atoms with Crippen LogP contribution in [0.1, 0.15) is 62.7 Å². The maximum atomic E-state index is 12.9. The molecule has 4 rings (SSSR count). The van der Waals surface area contributed by atoms with Crippen molar-refractivity contribution in [3.63, 3.8) is 0 Å². The lowest BCUT2D eigenvalue weighted by Crippen LogP contribution is -2.39. The van der Waals surface area contributed by atoms with Gasteiger partial charge in [0.25, 0.3) is 10.2 Å². The molecule has 0 bridgehead atoms. The van der Waals surface area contributed by atoms with Crippen molar-refractivity contribution in [2.45, 2.75) is 70.7 Å². The molecular weight excluding hydrogens is 438 g/mol. The fraction of sp³-hybridized carbons (Fsp3) is 0.619. The van der Waals surface area contributed by atoms with Crippen molar-refractivity contribution in [2.24, 2.45) is 0 Å². The van der Waals surface area contributed by atoms with Crippen LogP contribution in [0, 0.1) is 0 Å². The molecule has 2 aliphatic rings. The predicted octanol–water partition coefficient (Wildman–Crippen LogP) is 3.49. The maximum Gasteiger partial charge on any atom is 0.282 e. The van der Waals surface area contributed by atoms with Crippen molar-refractivity contribution in [2.75, 3.05) is 14.1 Å². The van der Waals surface area contributed by atoms with Crippen molar-refractivity contribution in [3.05, 3.63) is 40.4 Å². The van der Waals surface area contributed by atoms with E-state index in [0.717, 1.165) is 42.8 Å². The molecule has 1 aromatic heterocycles. The molecule has 1 aromatic carbocycles. The van der Waals surface area contributed by atoms with Gasteiger partial charge in [-0.25, -0.2) is 0 Å². The molecule has 1 aliphatic carbocycles. The van der Waals surface area contributed by atoms with Crippen LogP contribution in [0.4, 0.5) is 0 Å². The largest absolute Gasteiger partial charge is 0.376 e. The Morgan fingerprint density at radius 1 is 1.13 bits per heavy atom. The minimum absolute atomic E-state index is 0.158. The molecule has 2 heterocycles. The first-order chi connectivity index (χ1) is 14.7. The van der Waals surface area contributed by atoms with E-state index < -0.39 is 10.2 Å². The molecule has 0 radical (unpaired) electrons. The SMILES string of the molecule is CC(C)O[C@H]1CC[C@H](c2nnc3n2-c2ccc(Cl)cc2CN(S(=O)(=O)N(C)C)C3)CC1. The predicted molar refractivity (Wildman–Crippen MR) is 119 cm³/mol. The third-order valence-corrected chi connectivity index (χ3v) is 8.06. The Morgan fingerprint density at radius 3 is 2.48 bits per heavy atom. The quantitative estimate of drug-likeness (QED) is 0.672. The standard InChI is InChI=1S/C21H30ClN5O3S/c1-14(2)30-18-8-5-15(6-9-18)21-24-23-20-13-26(31(28,29)25(3)4)12-16-11-17(22)7-10-19(16)27(20)21/h7,10-11,14-15,18H,5-6,8-9,12-13H2,1-4H3/t15-,18-. The fourth-order valence-electron chi connectivity index (χ4n) is 4.50. The van der Waals surface area contributed by atoms with Crippen LogP contribution >= 0.6 is 11.6 Å². The molecule has 2 aromatic rings. The van der Waals surface area contributed by atoms with Crippen LogP contribution in [-0.2, 0) is 28.0 Å². The zero-order valence-corrected chi connectivity index (χ0v) is 20.0. The first kappa shape index (κ1) is 22.7. The van der Waals surface area contributed by atoms with Crippen LogP contribution in [-0.4, -0.2) is 58.1 Å². The molecule has 10 heteroatoms. The lowest BCUT2D eigenvalue weighted by molar-refractivity contribution is -0.0151. The van der Waals surface area contributed by atoms with Crippen molar-refractivity contribution in [1.29, 1.82) is 0 Å². The van der Waals surface area contributed by atoms with Gasteiger partial charge in [-0.2, -0.15) is 17.0 Å². The Bertz CT molecular complexity index is 1050. The van der Waals surface area contributed by atoms with E-state index in [4.69, 9.17) is 16.3 Å². The van der Waals surface area contributed by atoms with E-state index in [9.17, 15) is 8.42 Å². The summed E-state index contributed by atoms with van der Waals surface area (Å²) >= 11 is 6.27. The molecule has 170 valence electrons.